The summed E-state index contributed by atoms with van der Waals surface area (Å²) in [4.78, 5) is 17.7. The fraction of sp³-hybridized carbons (Fsp3) is 0.100. The molecule has 0 aliphatic carbocycles. The van der Waals surface area contributed by atoms with Crippen LogP contribution in [-0.4, -0.2) is 10.9 Å². The second kappa shape index (κ2) is 6.78. The van der Waals surface area contributed by atoms with Gasteiger partial charge in [-0.05, 0) is 29.5 Å². The minimum atomic E-state index is -0.108. The Morgan fingerprint density at radius 3 is 2.68 bits per heavy atom. The SMILES string of the molecule is CCc1ccc(-c2csc(NC(=O)c3cc4ccccc4s3)n2)cc1. The molecular weight excluding hydrogens is 348 g/mol. The first-order chi connectivity index (χ1) is 12.2. The zero-order valence-corrected chi connectivity index (χ0v) is 15.3. The molecule has 0 fully saturated rings. The lowest BCUT2D eigenvalue weighted by Crippen LogP contribution is -2.09. The second-order valence-electron chi connectivity index (χ2n) is 5.69. The Morgan fingerprint density at radius 1 is 1.12 bits per heavy atom. The number of amides is 1. The largest absolute Gasteiger partial charge is 0.297 e. The molecular formula is C20H16N2OS2. The zero-order valence-electron chi connectivity index (χ0n) is 13.7. The highest BCUT2D eigenvalue weighted by molar-refractivity contribution is 7.21. The number of hydrogen-bond donors (Lipinski definition) is 1. The molecule has 124 valence electrons. The Labute approximate surface area is 154 Å². The van der Waals surface area contributed by atoms with Crippen LogP contribution in [0.2, 0.25) is 0 Å². The summed E-state index contributed by atoms with van der Waals surface area (Å²) in [7, 11) is 0. The molecule has 4 aromatic rings. The number of nitrogens with zero attached hydrogens (tertiary/aromatic N) is 1. The Morgan fingerprint density at radius 2 is 1.92 bits per heavy atom. The molecule has 0 saturated heterocycles. The van der Waals surface area contributed by atoms with Gasteiger partial charge >= 0.3 is 0 Å². The number of benzene rings is 2. The summed E-state index contributed by atoms with van der Waals surface area (Å²) in [5, 5.41) is 6.60. The average Bonchev–Trinajstić information content (AvgIpc) is 3.28. The van der Waals surface area contributed by atoms with Crippen molar-refractivity contribution >= 4 is 43.8 Å². The maximum Gasteiger partial charge on any atom is 0.267 e. The Balaban J connectivity index is 1.52. The molecule has 4 rings (SSSR count). The van der Waals surface area contributed by atoms with Crippen LogP contribution in [0.5, 0.6) is 0 Å². The van der Waals surface area contributed by atoms with Crippen molar-refractivity contribution < 1.29 is 4.79 Å². The Bertz CT molecular complexity index is 998. The number of hydrogen-bond acceptors (Lipinski definition) is 4. The third-order valence-corrected chi connectivity index (χ3v) is 5.90. The number of rotatable bonds is 4. The van der Waals surface area contributed by atoms with Crippen molar-refractivity contribution in [2.45, 2.75) is 13.3 Å². The highest BCUT2D eigenvalue weighted by Gasteiger charge is 2.13. The van der Waals surface area contributed by atoms with Crippen molar-refractivity contribution in [2.24, 2.45) is 0 Å². The van der Waals surface area contributed by atoms with E-state index in [-0.39, 0.29) is 5.91 Å². The van der Waals surface area contributed by atoms with Gasteiger partial charge in [0.15, 0.2) is 5.13 Å². The van der Waals surface area contributed by atoms with E-state index in [0.717, 1.165) is 27.8 Å². The lowest BCUT2D eigenvalue weighted by atomic mass is 10.1. The van der Waals surface area contributed by atoms with E-state index in [1.165, 1.54) is 28.2 Å². The third kappa shape index (κ3) is 3.34. The highest BCUT2D eigenvalue weighted by Crippen LogP contribution is 2.28. The molecule has 1 amide bonds. The van der Waals surface area contributed by atoms with Crippen molar-refractivity contribution in [2.75, 3.05) is 5.32 Å². The summed E-state index contributed by atoms with van der Waals surface area (Å²) in [6.07, 6.45) is 1.02. The monoisotopic (exact) mass is 364 g/mol. The van der Waals surface area contributed by atoms with Crippen LogP contribution in [0, 0.1) is 0 Å². The van der Waals surface area contributed by atoms with Gasteiger partial charge in [0.05, 0.1) is 10.6 Å². The zero-order chi connectivity index (χ0) is 17.2. The Kier molecular flexibility index (Phi) is 4.34. The van der Waals surface area contributed by atoms with Gasteiger partial charge in [-0.2, -0.15) is 0 Å². The van der Waals surface area contributed by atoms with Crippen LogP contribution >= 0.6 is 22.7 Å². The predicted octanol–water partition coefficient (Wildman–Crippen LogP) is 5.84. The quantitative estimate of drug-likeness (QED) is 0.494. The molecule has 2 aromatic carbocycles. The van der Waals surface area contributed by atoms with E-state index >= 15 is 0 Å². The minimum Gasteiger partial charge on any atom is -0.297 e. The number of thiophene rings is 1. The fourth-order valence-corrected chi connectivity index (χ4v) is 4.30. The number of thiazole rings is 1. The molecule has 2 heterocycles. The lowest BCUT2D eigenvalue weighted by Gasteiger charge is -2.00. The summed E-state index contributed by atoms with van der Waals surface area (Å²) in [6.45, 7) is 2.14. The maximum atomic E-state index is 12.5. The van der Waals surface area contributed by atoms with Crippen molar-refractivity contribution in [1.82, 2.24) is 4.98 Å². The van der Waals surface area contributed by atoms with Gasteiger partial charge in [-0.15, -0.1) is 22.7 Å². The minimum absolute atomic E-state index is 0.108. The van der Waals surface area contributed by atoms with E-state index in [1.54, 1.807) is 0 Å². The van der Waals surface area contributed by atoms with E-state index in [0.29, 0.717) is 10.0 Å². The smallest absolute Gasteiger partial charge is 0.267 e. The van der Waals surface area contributed by atoms with Gasteiger partial charge in [-0.1, -0.05) is 49.4 Å². The van der Waals surface area contributed by atoms with E-state index in [9.17, 15) is 4.79 Å². The van der Waals surface area contributed by atoms with Gasteiger partial charge in [0.1, 0.15) is 0 Å². The van der Waals surface area contributed by atoms with Crippen molar-refractivity contribution in [3.8, 4) is 11.3 Å². The van der Waals surface area contributed by atoms with Crippen LogP contribution in [0.4, 0.5) is 5.13 Å². The normalized spacial score (nSPS) is 10.9. The van der Waals surface area contributed by atoms with Crippen LogP contribution in [0.1, 0.15) is 22.2 Å². The summed E-state index contributed by atoms with van der Waals surface area (Å²) < 4.78 is 1.11. The van der Waals surface area contributed by atoms with Crippen molar-refractivity contribution in [3.63, 3.8) is 0 Å². The average molecular weight is 364 g/mol. The van der Waals surface area contributed by atoms with Crippen molar-refractivity contribution in [3.05, 3.63) is 70.4 Å². The molecule has 5 heteroatoms. The molecule has 25 heavy (non-hydrogen) atoms. The van der Waals surface area contributed by atoms with Gasteiger partial charge in [-0.25, -0.2) is 4.98 Å². The van der Waals surface area contributed by atoms with Crippen LogP contribution in [-0.2, 0) is 6.42 Å². The molecule has 0 aliphatic heterocycles. The van der Waals surface area contributed by atoms with Gasteiger partial charge in [0.25, 0.3) is 5.91 Å². The molecule has 0 unspecified atom stereocenters. The number of carbonyl (C=O) groups excluding carboxylic acids is 1. The van der Waals surface area contributed by atoms with E-state index < -0.39 is 0 Å². The maximum absolute atomic E-state index is 12.5. The molecule has 0 spiro atoms. The van der Waals surface area contributed by atoms with Crippen LogP contribution < -0.4 is 5.32 Å². The number of anilines is 1. The Hall–Kier alpha value is -2.50. The number of nitrogens with one attached hydrogen (secondary N) is 1. The second-order valence-corrected chi connectivity index (χ2v) is 7.63. The summed E-state index contributed by atoms with van der Waals surface area (Å²) in [6, 6.07) is 18.3. The topological polar surface area (TPSA) is 42.0 Å². The molecule has 3 nitrogen and oxygen atoms in total. The number of fused-ring (bicyclic) bond motifs is 1. The number of carbonyl (C=O) groups is 1. The van der Waals surface area contributed by atoms with Crippen LogP contribution in [0.15, 0.2) is 60.0 Å². The van der Waals surface area contributed by atoms with Crippen molar-refractivity contribution in [1.29, 1.82) is 0 Å². The first kappa shape index (κ1) is 16.0. The molecule has 0 radical (unpaired) electrons. The van der Waals surface area contributed by atoms with Gasteiger partial charge < -0.3 is 0 Å². The fourth-order valence-electron chi connectivity index (χ4n) is 2.63. The van der Waals surface area contributed by atoms with Crippen LogP contribution in [0.3, 0.4) is 0 Å². The molecule has 0 bridgehead atoms. The number of aromatic nitrogens is 1. The molecule has 0 aliphatic rings. The summed E-state index contributed by atoms with van der Waals surface area (Å²) >= 11 is 2.94. The molecule has 2 aromatic heterocycles. The number of aryl methyl sites for hydroxylation is 1. The molecule has 0 atom stereocenters. The highest BCUT2D eigenvalue weighted by atomic mass is 32.1. The van der Waals surface area contributed by atoms with Gasteiger partial charge in [0.2, 0.25) is 0 Å². The third-order valence-electron chi connectivity index (χ3n) is 4.03. The first-order valence-corrected chi connectivity index (χ1v) is 9.77. The standard InChI is InChI=1S/C20H16N2OS2/c1-2-13-7-9-14(10-8-13)16-12-24-20(21-16)22-19(23)18-11-15-5-3-4-6-17(15)25-18/h3-12H,2H2,1H3,(H,21,22,23). The predicted molar refractivity (Wildman–Crippen MR) is 107 cm³/mol. The van der Waals surface area contributed by atoms with Crippen LogP contribution in [0.25, 0.3) is 21.3 Å². The molecule has 0 saturated carbocycles. The van der Waals surface area contributed by atoms with Gasteiger partial charge in [0, 0.05) is 15.6 Å². The first-order valence-electron chi connectivity index (χ1n) is 8.07. The van der Waals surface area contributed by atoms with Gasteiger partial charge in [-0.3, -0.25) is 10.1 Å². The summed E-state index contributed by atoms with van der Waals surface area (Å²) in [5.74, 6) is -0.108. The van der Waals surface area contributed by atoms with E-state index in [4.69, 9.17) is 0 Å². The lowest BCUT2D eigenvalue weighted by molar-refractivity contribution is 0.103. The van der Waals surface area contributed by atoms with E-state index in [2.05, 4.69) is 41.5 Å². The molecule has 1 N–H and O–H groups in total. The summed E-state index contributed by atoms with van der Waals surface area (Å²) in [5.41, 5.74) is 3.26. The van der Waals surface area contributed by atoms with E-state index in [1.807, 2.05) is 35.7 Å².